The summed E-state index contributed by atoms with van der Waals surface area (Å²) in [6, 6.07) is 13.7. The van der Waals surface area contributed by atoms with E-state index in [0.29, 0.717) is 22.9 Å². The zero-order chi connectivity index (χ0) is 19.2. The molecule has 0 aliphatic carbocycles. The number of methoxy groups -OCH3 is 3. The molecule has 2 aromatic rings. The molecule has 2 aromatic carbocycles. The SMILES string of the molecule is COc1cc(/C=C2\N=C(SCc3ccccc3)SC2=O)cc(OC)c1OC. The predicted octanol–water partition coefficient (Wildman–Crippen LogP) is 4.62. The second-order valence-electron chi connectivity index (χ2n) is 5.53. The van der Waals surface area contributed by atoms with Crippen LogP contribution in [0.25, 0.3) is 6.08 Å². The van der Waals surface area contributed by atoms with Crippen molar-refractivity contribution >= 4 is 39.1 Å². The van der Waals surface area contributed by atoms with Crippen molar-refractivity contribution in [2.45, 2.75) is 5.75 Å². The van der Waals surface area contributed by atoms with E-state index in [0.717, 1.165) is 27.5 Å². The van der Waals surface area contributed by atoms with Crippen LogP contribution >= 0.6 is 23.5 Å². The molecule has 0 saturated heterocycles. The Labute approximate surface area is 166 Å². The molecular formula is C20H19NO4S2. The minimum absolute atomic E-state index is 0.0701. The van der Waals surface area contributed by atoms with Gasteiger partial charge in [0.05, 0.1) is 21.3 Å². The molecule has 0 radical (unpaired) electrons. The van der Waals surface area contributed by atoms with Crippen molar-refractivity contribution in [3.8, 4) is 17.2 Å². The van der Waals surface area contributed by atoms with E-state index in [1.807, 2.05) is 18.2 Å². The van der Waals surface area contributed by atoms with E-state index in [2.05, 4.69) is 17.1 Å². The molecule has 7 heteroatoms. The molecule has 0 bridgehead atoms. The van der Waals surface area contributed by atoms with Gasteiger partial charge in [-0.05, 0) is 41.1 Å². The minimum Gasteiger partial charge on any atom is -0.493 e. The molecule has 0 atom stereocenters. The van der Waals surface area contributed by atoms with Gasteiger partial charge in [-0.25, -0.2) is 4.99 Å². The van der Waals surface area contributed by atoms with Gasteiger partial charge in [0, 0.05) is 5.75 Å². The Morgan fingerprint density at radius 2 is 1.70 bits per heavy atom. The van der Waals surface area contributed by atoms with Crippen LogP contribution in [0, 0.1) is 0 Å². The summed E-state index contributed by atoms with van der Waals surface area (Å²) in [6.07, 6.45) is 1.73. The maximum absolute atomic E-state index is 12.3. The maximum atomic E-state index is 12.3. The topological polar surface area (TPSA) is 57.1 Å². The summed E-state index contributed by atoms with van der Waals surface area (Å²) in [5.41, 5.74) is 2.36. The monoisotopic (exact) mass is 401 g/mol. The van der Waals surface area contributed by atoms with Crippen molar-refractivity contribution in [1.82, 2.24) is 0 Å². The number of hydrogen-bond acceptors (Lipinski definition) is 7. The summed E-state index contributed by atoms with van der Waals surface area (Å²) in [4.78, 5) is 16.8. The number of hydrogen-bond donors (Lipinski definition) is 0. The zero-order valence-corrected chi connectivity index (χ0v) is 16.9. The molecule has 0 spiro atoms. The number of ether oxygens (including phenoxy) is 3. The van der Waals surface area contributed by atoms with Gasteiger partial charge >= 0.3 is 0 Å². The van der Waals surface area contributed by atoms with Crippen molar-refractivity contribution < 1.29 is 19.0 Å². The number of carbonyl (C=O) groups is 1. The van der Waals surface area contributed by atoms with Crippen molar-refractivity contribution in [2.24, 2.45) is 4.99 Å². The minimum atomic E-state index is -0.0701. The second kappa shape index (κ2) is 9.01. The van der Waals surface area contributed by atoms with E-state index in [9.17, 15) is 4.79 Å². The second-order valence-corrected chi connectivity index (χ2v) is 7.71. The zero-order valence-electron chi connectivity index (χ0n) is 15.2. The predicted molar refractivity (Wildman–Crippen MR) is 112 cm³/mol. The van der Waals surface area contributed by atoms with Crippen molar-refractivity contribution in [3.05, 3.63) is 59.3 Å². The van der Waals surface area contributed by atoms with Gasteiger partial charge in [0.25, 0.3) is 0 Å². The number of thioether (sulfide) groups is 2. The summed E-state index contributed by atoms with van der Waals surface area (Å²) < 4.78 is 16.8. The van der Waals surface area contributed by atoms with Crippen LogP contribution < -0.4 is 14.2 Å². The molecule has 140 valence electrons. The van der Waals surface area contributed by atoms with E-state index < -0.39 is 0 Å². The largest absolute Gasteiger partial charge is 0.493 e. The third kappa shape index (κ3) is 4.67. The standard InChI is InChI=1S/C20H19NO4S2/c1-23-16-10-14(11-17(24-2)18(16)25-3)9-15-19(22)27-20(21-15)26-12-13-7-5-4-6-8-13/h4-11H,12H2,1-3H3/b15-9-. The highest BCUT2D eigenvalue weighted by atomic mass is 32.2. The van der Waals surface area contributed by atoms with E-state index >= 15 is 0 Å². The lowest BCUT2D eigenvalue weighted by atomic mass is 10.1. The summed E-state index contributed by atoms with van der Waals surface area (Å²) in [5.74, 6) is 2.35. The smallest absolute Gasteiger partial charge is 0.244 e. The van der Waals surface area contributed by atoms with E-state index in [1.165, 1.54) is 5.56 Å². The number of nitrogens with zero attached hydrogens (tertiary/aromatic N) is 1. The molecule has 0 N–H and O–H groups in total. The van der Waals surface area contributed by atoms with Gasteiger partial charge in [-0.3, -0.25) is 4.79 Å². The third-order valence-electron chi connectivity index (χ3n) is 3.80. The molecule has 0 saturated carbocycles. The first kappa shape index (κ1) is 19.4. The lowest BCUT2D eigenvalue weighted by Gasteiger charge is -2.12. The Hall–Kier alpha value is -2.38. The van der Waals surface area contributed by atoms with Crippen LogP contribution in [0.1, 0.15) is 11.1 Å². The molecule has 1 aliphatic rings. The molecule has 1 heterocycles. The molecule has 1 aliphatic heterocycles. The van der Waals surface area contributed by atoms with Crippen LogP contribution in [-0.2, 0) is 10.5 Å². The average molecular weight is 402 g/mol. The highest BCUT2D eigenvalue weighted by Gasteiger charge is 2.23. The van der Waals surface area contributed by atoms with Crippen molar-refractivity contribution in [3.63, 3.8) is 0 Å². The van der Waals surface area contributed by atoms with Gasteiger partial charge in [0.2, 0.25) is 10.9 Å². The Morgan fingerprint density at radius 1 is 1.04 bits per heavy atom. The Bertz CT molecular complexity index is 869. The first-order chi connectivity index (χ1) is 13.1. The average Bonchev–Trinajstić information content (AvgIpc) is 3.05. The van der Waals surface area contributed by atoms with Crippen LogP contribution in [0.2, 0.25) is 0 Å². The number of aliphatic imine (C=N–C) groups is 1. The first-order valence-electron chi connectivity index (χ1n) is 8.14. The van der Waals surface area contributed by atoms with E-state index in [4.69, 9.17) is 14.2 Å². The summed E-state index contributed by atoms with van der Waals surface area (Å²) in [7, 11) is 4.67. The van der Waals surface area contributed by atoms with Gasteiger partial charge in [-0.15, -0.1) is 0 Å². The van der Waals surface area contributed by atoms with Gasteiger partial charge in [0.15, 0.2) is 11.5 Å². The van der Waals surface area contributed by atoms with Crippen molar-refractivity contribution in [2.75, 3.05) is 21.3 Å². The number of carbonyl (C=O) groups excluding carboxylic acids is 1. The highest BCUT2D eigenvalue weighted by Crippen LogP contribution is 2.39. The fraction of sp³-hybridized carbons (Fsp3) is 0.200. The van der Waals surface area contributed by atoms with Crippen LogP contribution in [0.15, 0.2) is 53.2 Å². The molecule has 3 rings (SSSR count). The summed E-state index contributed by atoms with van der Waals surface area (Å²) >= 11 is 2.72. The third-order valence-corrected chi connectivity index (χ3v) is 5.88. The summed E-state index contributed by atoms with van der Waals surface area (Å²) in [5, 5.41) is -0.0701. The van der Waals surface area contributed by atoms with Crippen LogP contribution in [0.3, 0.4) is 0 Å². The lowest BCUT2D eigenvalue weighted by Crippen LogP contribution is -1.96. The molecule has 5 nitrogen and oxygen atoms in total. The van der Waals surface area contributed by atoms with Crippen LogP contribution in [0.5, 0.6) is 17.2 Å². The molecule has 0 unspecified atom stereocenters. The molecule has 0 fully saturated rings. The first-order valence-corrected chi connectivity index (χ1v) is 9.94. The van der Waals surface area contributed by atoms with Gasteiger partial charge in [-0.2, -0.15) is 0 Å². The van der Waals surface area contributed by atoms with Gasteiger partial charge < -0.3 is 14.2 Å². The fourth-order valence-electron chi connectivity index (χ4n) is 2.51. The maximum Gasteiger partial charge on any atom is 0.244 e. The number of rotatable bonds is 6. The van der Waals surface area contributed by atoms with Crippen LogP contribution in [0.4, 0.5) is 0 Å². The quantitative estimate of drug-likeness (QED) is 0.659. The molecular weight excluding hydrogens is 382 g/mol. The van der Waals surface area contributed by atoms with Gasteiger partial charge in [0.1, 0.15) is 10.1 Å². The van der Waals surface area contributed by atoms with Gasteiger partial charge in [-0.1, -0.05) is 42.1 Å². The molecule has 27 heavy (non-hydrogen) atoms. The van der Waals surface area contributed by atoms with E-state index in [1.54, 1.807) is 51.3 Å². The fourth-order valence-corrected chi connectivity index (χ4v) is 4.31. The Balaban J connectivity index is 1.81. The molecule has 0 aromatic heterocycles. The Kier molecular flexibility index (Phi) is 6.47. The Morgan fingerprint density at radius 3 is 2.30 bits per heavy atom. The lowest BCUT2D eigenvalue weighted by molar-refractivity contribution is -0.107. The normalized spacial score (nSPS) is 15.0. The summed E-state index contributed by atoms with van der Waals surface area (Å²) in [6.45, 7) is 0. The molecule has 0 amide bonds. The number of benzene rings is 2. The highest BCUT2D eigenvalue weighted by molar-refractivity contribution is 8.45. The van der Waals surface area contributed by atoms with Crippen molar-refractivity contribution in [1.29, 1.82) is 0 Å². The van der Waals surface area contributed by atoms with Crippen LogP contribution in [-0.4, -0.2) is 30.8 Å². The van der Waals surface area contributed by atoms with E-state index in [-0.39, 0.29) is 5.12 Å².